The second-order valence-electron chi connectivity index (χ2n) is 14.9. The van der Waals surface area contributed by atoms with Gasteiger partial charge in [0.25, 0.3) is 5.01 Å². The van der Waals surface area contributed by atoms with Crippen LogP contribution in [-0.4, -0.2) is 37.7 Å². The molecule has 0 unspecified atom stereocenters. The van der Waals surface area contributed by atoms with Crippen LogP contribution in [0.15, 0.2) is 142 Å². The van der Waals surface area contributed by atoms with Crippen LogP contribution in [0.25, 0.3) is 21.1 Å². The van der Waals surface area contributed by atoms with Gasteiger partial charge in [-0.05, 0) is 118 Å². The number of rotatable bonds is 21. The van der Waals surface area contributed by atoms with E-state index >= 15 is 0 Å². The average molecular weight is 938 g/mol. The number of nitrogens with one attached hydrogen (secondary N) is 1. The Bertz CT molecular complexity index is 2390. The van der Waals surface area contributed by atoms with Gasteiger partial charge in [-0.25, -0.2) is 4.85 Å². The summed E-state index contributed by atoms with van der Waals surface area (Å²) in [6, 6.07) is 33.4. The molecular weight excluding hydrogens is 883 g/mol. The molecule has 0 radical (unpaired) electrons. The third kappa shape index (κ3) is 13.1. The molecule has 15 heteroatoms. The number of fused-ring (bicyclic) bond motifs is 2. The molecular formula is C49H55N5O6S4. The highest BCUT2D eigenvalue weighted by atomic mass is 32.2. The van der Waals surface area contributed by atoms with Crippen LogP contribution in [0.5, 0.6) is 0 Å². The SMILES string of the molecule is CC[NH+](CC)CC.[C-]#[N+]c1ccc2sc(/C=C/C3=C(N(c4ccccc4)c4ccccc4)C(=C/C=C4\Sc5ccc(C)cc5N4CCCSOO[O-])CC3)[n+](CCCSOO[O-])c2c1. The summed E-state index contributed by atoms with van der Waals surface area (Å²) in [7, 11) is 0. The van der Waals surface area contributed by atoms with Gasteiger partial charge < -0.3 is 25.2 Å². The third-order valence-corrected chi connectivity index (χ3v) is 14.5. The van der Waals surface area contributed by atoms with E-state index < -0.39 is 0 Å². The van der Waals surface area contributed by atoms with Crippen LogP contribution in [0.2, 0.25) is 0 Å². The quantitative estimate of drug-likeness (QED) is 0.0190. The van der Waals surface area contributed by atoms with Crippen molar-refractivity contribution >= 4 is 86.2 Å². The first-order valence-corrected chi connectivity index (χ1v) is 25.0. The number of benzene rings is 4. The predicted octanol–water partition coefficient (Wildman–Crippen LogP) is 9.78. The summed E-state index contributed by atoms with van der Waals surface area (Å²) < 4.78 is 12.4. The zero-order valence-electron chi connectivity index (χ0n) is 36.7. The van der Waals surface area contributed by atoms with E-state index in [2.05, 4.69) is 157 Å². The van der Waals surface area contributed by atoms with Gasteiger partial charge in [-0.15, -0.1) is 0 Å². The maximum atomic E-state index is 10.3. The Morgan fingerprint density at radius 1 is 0.828 bits per heavy atom. The molecule has 0 atom stereocenters. The number of aromatic nitrogens is 1. The Kier molecular flexibility index (Phi) is 19.9. The summed E-state index contributed by atoms with van der Waals surface area (Å²) in [4.78, 5) is 11.3. The average Bonchev–Trinajstić information content (AvgIpc) is 4.01. The molecule has 336 valence electrons. The van der Waals surface area contributed by atoms with Gasteiger partial charge in [0.1, 0.15) is 4.70 Å². The fourth-order valence-corrected chi connectivity index (χ4v) is 10.6. The van der Waals surface area contributed by atoms with Crippen molar-refractivity contribution in [1.29, 1.82) is 0 Å². The van der Waals surface area contributed by atoms with Crippen molar-refractivity contribution in [1.82, 2.24) is 0 Å². The molecule has 0 saturated heterocycles. The molecule has 1 aliphatic heterocycles. The second-order valence-corrected chi connectivity index (χ2v) is 18.6. The van der Waals surface area contributed by atoms with Crippen molar-refractivity contribution in [3.8, 4) is 0 Å². The number of thiazole rings is 1. The highest BCUT2D eigenvalue weighted by molar-refractivity contribution is 8.03. The number of aryl methyl sites for hydroxylation is 2. The molecule has 1 N–H and O–H groups in total. The third-order valence-electron chi connectivity index (χ3n) is 11.0. The highest BCUT2D eigenvalue weighted by Crippen LogP contribution is 2.47. The van der Waals surface area contributed by atoms with Gasteiger partial charge in [0.2, 0.25) is 5.52 Å². The number of allylic oxidation sites excluding steroid dienone is 5. The largest absolute Gasteiger partial charge is 0.691 e. The van der Waals surface area contributed by atoms with Crippen LogP contribution >= 0.6 is 47.2 Å². The maximum absolute atomic E-state index is 10.3. The fourth-order valence-electron chi connectivity index (χ4n) is 7.73. The van der Waals surface area contributed by atoms with Gasteiger partial charge in [-0.1, -0.05) is 77.7 Å². The van der Waals surface area contributed by atoms with Gasteiger partial charge in [0.05, 0.1) is 42.6 Å². The lowest BCUT2D eigenvalue weighted by molar-refractivity contribution is -0.894. The highest BCUT2D eigenvalue weighted by Gasteiger charge is 2.28. The van der Waals surface area contributed by atoms with Crippen LogP contribution in [0.4, 0.5) is 22.7 Å². The molecule has 0 fully saturated rings. The Morgan fingerprint density at radius 3 is 2.12 bits per heavy atom. The number of quaternary nitrogens is 1. The first-order chi connectivity index (χ1) is 31.4. The van der Waals surface area contributed by atoms with Crippen molar-refractivity contribution in [2.45, 2.75) is 64.8 Å². The molecule has 1 aliphatic carbocycles. The minimum absolute atomic E-state index is 0.574. The minimum atomic E-state index is 0.574. The number of thioether (sulfide) groups is 1. The zero-order valence-corrected chi connectivity index (χ0v) is 40.0. The summed E-state index contributed by atoms with van der Waals surface area (Å²) in [5.41, 5.74) is 9.68. The number of nitrogens with zero attached hydrogens (tertiary/aromatic N) is 4. The first-order valence-electron chi connectivity index (χ1n) is 21.5. The lowest BCUT2D eigenvalue weighted by Gasteiger charge is -2.28. The van der Waals surface area contributed by atoms with Gasteiger partial charge in [-0.3, -0.25) is 10.1 Å². The molecule has 1 aromatic heterocycles. The van der Waals surface area contributed by atoms with E-state index in [1.807, 2.05) is 30.3 Å². The van der Waals surface area contributed by atoms with E-state index in [1.165, 1.54) is 46.9 Å². The van der Waals surface area contributed by atoms with Crippen molar-refractivity contribution in [2.24, 2.45) is 0 Å². The topological polar surface area (TPSA) is 102 Å². The molecule has 7 rings (SSSR count). The van der Waals surface area contributed by atoms with Gasteiger partial charge >= 0.3 is 0 Å². The standard InChI is InChI=1S/C43H40N4O6S4.C6H15N/c1-31-15-21-39-37(29-31)45(25-9-27-54-52-50-48)41(56-39)23-18-32-16-17-33(43(32)47(35-11-5-3-6-12-35)36-13-7-4-8-14-36)19-24-42-46(26-10-28-55-53-51-49)38-30-34(44-2)20-22-40(38)57-42;1-4-7(5-2)6-3/h3-8,11-15,18-24,29-30H,9-10,16-17,25-28H2,1H3,(H-,48,49);4-6H2,1-3H3. The van der Waals surface area contributed by atoms with Crippen LogP contribution in [-0.2, 0) is 25.3 Å². The minimum Gasteiger partial charge on any atom is -0.691 e. The monoisotopic (exact) mass is 937 g/mol. The van der Waals surface area contributed by atoms with Crippen molar-refractivity contribution < 1.29 is 38.7 Å². The fraction of sp³-hybridized carbons (Fsp3) is 0.306. The smallest absolute Gasteiger partial charge is 0.262 e. The van der Waals surface area contributed by atoms with E-state index in [4.69, 9.17) is 6.57 Å². The van der Waals surface area contributed by atoms with Gasteiger partial charge in [0.15, 0.2) is 12.2 Å². The van der Waals surface area contributed by atoms with Gasteiger partial charge in [0, 0.05) is 77.0 Å². The lowest BCUT2D eigenvalue weighted by Crippen LogP contribution is -3.11. The van der Waals surface area contributed by atoms with Crippen LogP contribution in [0.1, 0.15) is 57.0 Å². The molecule has 2 heterocycles. The normalized spacial score (nSPS) is 14.9. The molecule has 11 nitrogen and oxygen atoms in total. The summed E-state index contributed by atoms with van der Waals surface area (Å²) in [6.45, 7) is 21.7. The molecule has 0 amide bonds. The van der Waals surface area contributed by atoms with Gasteiger partial charge in [-0.2, -0.15) is 13.2 Å². The number of hydrogen-bond acceptors (Lipinski definition) is 12. The first kappa shape index (κ1) is 49.0. The van der Waals surface area contributed by atoms with E-state index in [0.29, 0.717) is 23.7 Å². The van der Waals surface area contributed by atoms with E-state index in [0.717, 1.165) is 93.6 Å². The Labute approximate surface area is 394 Å². The van der Waals surface area contributed by atoms with Crippen molar-refractivity contribution in [2.75, 3.05) is 47.5 Å². The van der Waals surface area contributed by atoms with E-state index in [9.17, 15) is 10.5 Å². The number of hydrogen-bond donors (Lipinski definition) is 1. The molecule has 0 saturated carbocycles. The maximum Gasteiger partial charge on any atom is 0.262 e. The Morgan fingerprint density at radius 2 is 1.50 bits per heavy atom. The molecule has 4 aromatic carbocycles. The number of anilines is 3. The summed E-state index contributed by atoms with van der Waals surface area (Å²) in [5, 5.41) is 29.9. The molecule has 5 aromatic rings. The molecule has 0 bridgehead atoms. The Hall–Kier alpha value is -4.41. The summed E-state index contributed by atoms with van der Waals surface area (Å²) in [5.74, 6) is 1.19. The Balaban J connectivity index is 0.000000898. The van der Waals surface area contributed by atoms with E-state index in [-0.39, 0.29) is 0 Å². The molecule has 0 spiro atoms. The van der Waals surface area contributed by atoms with Crippen molar-refractivity contribution in [3.63, 3.8) is 0 Å². The molecule has 64 heavy (non-hydrogen) atoms. The van der Waals surface area contributed by atoms with E-state index in [1.54, 1.807) is 28.0 Å². The predicted molar refractivity (Wildman–Crippen MR) is 260 cm³/mol. The molecule has 2 aliphatic rings. The summed E-state index contributed by atoms with van der Waals surface area (Å²) >= 11 is 5.46. The van der Waals surface area contributed by atoms with Crippen LogP contribution in [0.3, 0.4) is 0 Å². The van der Waals surface area contributed by atoms with Crippen LogP contribution in [0, 0.1) is 13.5 Å². The lowest BCUT2D eigenvalue weighted by atomic mass is 10.1. The number of para-hydroxylation sites is 2. The van der Waals surface area contributed by atoms with Crippen molar-refractivity contribution in [3.05, 3.63) is 159 Å². The summed E-state index contributed by atoms with van der Waals surface area (Å²) in [6.07, 6.45) is 12.2. The van der Waals surface area contributed by atoms with Crippen LogP contribution < -0.4 is 29.8 Å². The zero-order chi connectivity index (χ0) is 45.1. The second kappa shape index (κ2) is 25.9.